The molecule has 2 heterocycles. The summed E-state index contributed by atoms with van der Waals surface area (Å²) in [5.41, 5.74) is 1.10. The molecule has 3 rings (SSSR count). The maximum atomic E-state index is 12.6. The van der Waals surface area contributed by atoms with Crippen LogP contribution < -0.4 is 10.2 Å². The molecule has 1 aliphatic heterocycles. The van der Waals surface area contributed by atoms with Gasteiger partial charge in [-0.2, -0.15) is 0 Å². The van der Waals surface area contributed by atoms with E-state index in [9.17, 15) is 4.79 Å². The lowest BCUT2D eigenvalue weighted by Crippen LogP contribution is -2.44. The van der Waals surface area contributed by atoms with Crippen molar-refractivity contribution in [2.75, 3.05) is 18.0 Å². The van der Waals surface area contributed by atoms with E-state index in [1.807, 2.05) is 31.2 Å². The minimum atomic E-state index is -0.0274. The maximum Gasteiger partial charge on any atom is 0.225 e. The average Bonchev–Trinajstić information content (AvgIpc) is 2.63. The molecular weight excluding hydrogens is 368 g/mol. The Morgan fingerprint density at radius 3 is 2.71 bits per heavy atom. The van der Waals surface area contributed by atoms with Crippen LogP contribution in [-0.2, 0) is 4.79 Å². The predicted molar refractivity (Wildman–Crippen MR) is 97.7 cm³/mol. The number of nitrogens with zero attached hydrogens (tertiary/aromatic N) is 3. The van der Waals surface area contributed by atoms with Crippen molar-refractivity contribution in [1.82, 2.24) is 15.3 Å². The van der Waals surface area contributed by atoms with Gasteiger partial charge in [-0.25, -0.2) is 9.97 Å². The van der Waals surface area contributed by atoms with Crippen molar-refractivity contribution in [2.24, 2.45) is 5.92 Å². The summed E-state index contributed by atoms with van der Waals surface area (Å²) in [4.78, 5) is 23.3. The zero-order valence-electron chi connectivity index (χ0n) is 13.7. The van der Waals surface area contributed by atoms with Crippen LogP contribution >= 0.6 is 15.9 Å². The van der Waals surface area contributed by atoms with Gasteiger partial charge < -0.3 is 10.2 Å². The highest BCUT2D eigenvalue weighted by molar-refractivity contribution is 9.10. The number of anilines is 1. The molecule has 2 atom stereocenters. The number of nitrogens with one attached hydrogen (secondary N) is 1. The van der Waals surface area contributed by atoms with Crippen LogP contribution in [0.3, 0.4) is 0 Å². The van der Waals surface area contributed by atoms with Crippen LogP contribution in [0.5, 0.6) is 0 Å². The van der Waals surface area contributed by atoms with Gasteiger partial charge in [0.15, 0.2) is 0 Å². The Hall–Kier alpha value is -1.95. The number of hydrogen-bond donors (Lipinski definition) is 1. The predicted octanol–water partition coefficient (Wildman–Crippen LogP) is 3.33. The fourth-order valence-electron chi connectivity index (χ4n) is 2.99. The molecule has 0 bridgehead atoms. The fourth-order valence-corrected chi connectivity index (χ4v) is 3.26. The Morgan fingerprint density at radius 1 is 1.29 bits per heavy atom. The second-order valence-electron chi connectivity index (χ2n) is 6.12. The summed E-state index contributed by atoms with van der Waals surface area (Å²) >= 11 is 3.43. The molecule has 2 aromatic rings. The van der Waals surface area contributed by atoms with Crippen molar-refractivity contribution < 1.29 is 4.79 Å². The monoisotopic (exact) mass is 388 g/mol. The Morgan fingerprint density at radius 2 is 2.00 bits per heavy atom. The van der Waals surface area contributed by atoms with Crippen LogP contribution in [0.1, 0.15) is 31.4 Å². The molecular formula is C18H21BrN4O. The first-order valence-corrected chi connectivity index (χ1v) is 9.00. The number of piperidine rings is 1. The smallest absolute Gasteiger partial charge is 0.225 e. The van der Waals surface area contributed by atoms with E-state index in [0.717, 1.165) is 29.4 Å². The van der Waals surface area contributed by atoms with Gasteiger partial charge in [0, 0.05) is 30.0 Å². The zero-order chi connectivity index (χ0) is 16.9. The van der Waals surface area contributed by atoms with E-state index < -0.39 is 0 Å². The normalized spacial score (nSPS) is 18.9. The van der Waals surface area contributed by atoms with Gasteiger partial charge in [0.25, 0.3) is 0 Å². The first-order valence-electron chi connectivity index (χ1n) is 8.21. The van der Waals surface area contributed by atoms with E-state index in [1.54, 1.807) is 18.5 Å². The second-order valence-corrected chi connectivity index (χ2v) is 7.03. The van der Waals surface area contributed by atoms with E-state index in [1.165, 1.54) is 0 Å². The molecule has 0 spiro atoms. The van der Waals surface area contributed by atoms with Gasteiger partial charge in [0.05, 0.1) is 12.0 Å². The molecule has 1 saturated heterocycles. The van der Waals surface area contributed by atoms with Gasteiger partial charge in [-0.15, -0.1) is 0 Å². The number of hydrogen-bond acceptors (Lipinski definition) is 4. The van der Waals surface area contributed by atoms with Crippen LogP contribution in [-0.4, -0.2) is 29.0 Å². The lowest BCUT2D eigenvalue weighted by Gasteiger charge is -2.32. The highest BCUT2D eigenvalue weighted by atomic mass is 79.9. The summed E-state index contributed by atoms with van der Waals surface area (Å²) in [6.45, 7) is 3.58. The molecule has 1 amide bonds. The van der Waals surface area contributed by atoms with Crippen LogP contribution in [0.25, 0.3) is 0 Å². The Balaban J connectivity index is 1.61. The van der Waals surface area contributed by atoms with Gasteiger partial charge >= 0.3 is 0 Å². The van der Waals surface area contributed by atoms with Crippen LogP contribution in [0, 0.1) is 5.92 Å². The number of halogens is 1. The number of aromatic nitrogens is 2. The van der Waals surface area contributed by atoms with Gasteiger partial charge in [-0.3, -0.25) is 4.79 Å². The van der Waals surface area contributed by atoms with Gasteiger partial charge in [-0.05, 0) is 43.5 Å². The van der Waals surface area contributed by atoms with Crippen molar-refractivity contribution in [2.45, 2.75) is 25.8 Å². The van der Waals surface area contributed by atoms with Crippen LogP contribution in [0.15, 0.2) is 47.2 Å². The minimum Gasteiger partial charge on any atom is -0.349 e. The molecule has 1 aromatic carbocycles. The van der Waals surface area contributed by atoms with Crippen molar-refractivity contribution in [3.63, 3.8) is 0 Å². The molecule has 1 fully saturated rings. The van der Waals surface area contributed by atoms with Crippen molar-refractivity contribution >= 4 is 27.8 Å². The molecule has 24 heavy (non-hydrogen) atoms. The van der Waals surface area contributed by atoms with Crippen molar-refractivity contribution in [1.29, 1.82) is 0 Å². The van der Waals surface area contributed by atoms with Crippen LogP contribution in [0.2, 0.25) is 0 Å². The standard InChI is InChI=1S/C18H21BrN4O/c1-13(14-5-7-16(19)8-6-14)22-17(24)15-4-2-11-23(12-15)18-20-9-3-10-21-18/h3,5-10,13,15H,2,4,11-12H2,1H3,(H,22,24). The summed E-state index contributed by atoms with van der Waals surface area (Å²) in [7, 11) is 0. The number of amides is 1. The van der Waals surface area contributed by atoms with E-state index in [2.05, 4.69) is 36.1 Å². The Labute approximate surface area is 150 Å². The summed E-state index contributed by atoms with van der Waals surface area (Å²) in [6, 6.07) is 9.84. The van der Waals surface area contributed by atoms with Gasteiger partial charge in [-0.1, -0.05) is 28.1 Å². The fraction of sp³-hybridized carbons (Fsp3) is 0.389. The highest BCUT2D eigenvalue weighted by Gasteiger charge is 2.27. The average molecular weight is 389 g/mol. The van der Waals surface area contributed by atoms with E-state index >= 15 is 0 Å². The SMILES string of the molecule is CC(NC(=O)C1CCCN(c2ncccn2)C1)c1ccc(Br)cc1. The quantitative estimate of drug-likeness (QED) is 0.872. The molecule has 0 aliphatic carbocycles. The number of benzene rings is 1. The molecule has 0 radical (unpaired) electrons. The van der Waals surface area contributed by atoms with E-state index in [4.69, 9.17) is 0 Å². The maximum absolute atomic E-state index is 12.6. The first-order chi connectivity index (χ1) is 11.6. The number of carbonyl (C=O) groups excluding carboxylic acids is 1. The third-order valence-corrected chi connectivity index (χ3v) is 4.88. The summed E-state index contributed by atoms with van der Waals surface area (Å²) in [5.74, 6) is 0.780. The summed E-state index contributed by atoms with van der Waals surface area (Å²) < 4.78 is 1.04. The largest absolute Gasteiger partial charge is 0.349 e. The zero-order valence-corrected chi connectivity index (χ0v) is 15.2. The molecule has 126 valence electrons. The lowest BCUT2D eigenvalue weighted by atomic mass is 9.96. The molecule has 2 unspecified atom stereocenters. The minimum absolute atomic E-state index is 0.00560. The van der Waals surface area contributed by atoms with Gasteiger partial charge in [0.2, 0.25) is 11.9 Å². The first kappa shape index (κ1) is 16.9. The molecule has 0 saturated carbocycles. The van der Waals surface area contributed by atoms with Crippen molar-refractivity contribution in [3.05, 3.63) is 52.8 Å². The Kier molecular flexibility index (Phi) is 5.45. The molecule has 1 aliphatic rings. The highest BCUT2D eigenvalue weighted by Crippen LogP contribution is 2.22. The second kappa shape index (κ2) is 7.75. The molecule has 5 nitrogen and oxygen atoms in total. The molecule has 6 heteroatoms. The van der Waals surface area contributed by atoms with E-state index in [-0.39, 0.29) is 17.9 Å². The summed E-state index contributed by atoms with van der Waals surface area (Å²) in [6.07, 6.45) is 5.36. The summed E-state index contributed by atoms with van der Waals surface area (Å²) in [5, 5.41) is 3.14. The molecule has 1 aromatic heterocycles. The Bertz CT molecular complexity index is 677. The topological polar surface area (TPSA) is 58.1 Å². The third-order valence-electron chi connectivity index (χ3n) is 4.36. The molecule has 1 N–H and O–H groups in total. The van der Waals surface area contributed by atoms with E-state index in [0.29, 0.717) is 12.5 Å². The van der Waals surface area contributed by atoms with Crippen molar-refractivity contribution in [3.8, 4) is 0 Å². The number of carbonyl (C=O) groups is 1. The van der Waals surface area contributed by atoms with Crippen LogP contribution in [0.4, 0.5) is 5.95 Å². The van der Waals surface area contributed by atoms with Gasteiger partial charge in [0.1, 0.15) is 0 Å². The third kappa shape index (κ3) is 4.12. The lowest BCUT2D eigenvalue weighted by molar-refractivity contribution is -0.125. The number of rotatable bonds is 4.